The van der Waals surface area contributed by atoms with Crippen LogP contribution in [0.25, 0.3) is 0 Å². The van der Waals surface area contributed by atoms with Gasteiger partial charge in [-0.3, -0.25) is 0 Å². The van der Waals surface area contributed by atoms with E-state index < -0.39 is 11.9 Å². The molecule has 0 aliphatic heterocycles. The molecule has 0 saturated heterocycles. The van der Waals surface area contributed by atoms with Crippen molar-refractivity contribution in [2.75, 3.05) is 0 Å². The SMILES string of the molecule is Cc1cc(F)c(C(C)O)c(Br)c1Cl. The molecule has 0 amide bonds. The fourth-order valence-electron chi connectivity index (χ4n) is 1.11. The monoisotopic (exact) mass is 266 g/mol. The first-order chi connectivity index (χ1) is 5.95. The summed E-state index contributed by atoms with van der Waals surface area (Å²) in [5.41, 5.74) is 0.853. The van der Waals surface area contributed by atoms with Crippen molar-refractivity contribution in [3.05, 3.63) is 32.5 Å². The second-order valence-electron chi connectivity index (χ2n) is 2.89. The molecule has 0 heterocycles. The third kappa shape index (κ3) is 2.03. The topological polar surface area (TPSA) is 20.2 Å². The molecule has 1 rings (SSSR count). The van der Waals surface area contributed by atoms with Crippen molar-refractivity contribution in [1.82, 2.24) is 0 Å². The van der Waals surface area contributed by atoms with E-state index in [0.29, 0.717) is 15.1 Å². The average molecular weight is 268 g/mol. The summed E-state index contributed by atoms with van der Waals surface area (Å²) in [4.78, 5) is 0. The van der Waals surface area contributed by atoms with E-state index >= 15 is 0 Å². The zero-order valence-electron chi connectivity index (χ0n) is 7.24. The van der Waals surface area contributed by atoms with Gasteiger partial charge in [-0.25, -0.2) is 4.39 Å². The largest absolute Gasteiger partial charge is 0.389 e. The maximum absolute atomic E-state index is 13.3. The minimum absolute atomic E-state index is 0.204. The highest BCUT2D eigenvalue weighted by Crippen LogP contribution is 2.34. The molecule has 0 saturated carbocycles. The van der Waals surface area contributed by atoms with E-state index in [2.05, 4.69) is 15.9 Å². The van der Waals surface area contributed by atoms with E-state index in [1.54, 1.807) is 6.92 Å². The quantitative estimate of drug-likeness (QED) is 0.771. The van der Waals surface area contributed by atoms with Crippen LogP contribution in [0.1, 0.15) is 24.2 Å². The zero-order chi connectivity index (χ0) is 10.2. The summed E-state index contributed by atoms with van der Waals surface area (Å²) in [6, 6.07) is 1.31. The van der Waals surface area contributed by atoms with Gasteiger partial charge in [-0.2, -0.15) is 0 Å². The second-order valence-corrected chi connectivity index (χ2v) is 4.06. The molecule has 0 aromatic heterocycles. The molecule has 0 radical (unpaired) electrons. The average Bonchev–Trinajstić information content (AvgIpc) is 1.99. The summed E-state index contributed by atoms with van der Waals surface area (Å²) in [5, 5.41) is 9.71. The lowest BCUT2D eigenvalue weighted by molar-refractivity contribution is 0.193. The van der Waals surface area contributed by atoms with Crippen LogP contribution in [0.4, 0.5) is 4.39 Å². The normalized spacial score (nSPS) is 13.1. The molecule has 1 aromatic rings. The number of hydrogen-bond acceptors (Lipinski definition) is 1. The number of aryl methyl sites for hydroxylation is 1. The number of rotatable bonds is 1. The standard InChI is InChI=1S/C9H9BrClFO/c1-4-3-6(12)7(5(2)13)8(10)9(4)11/h3,5,13H,1-2H3. The zero-order valence-corrected chi connectivity index (χ0v) is 9.58. The molecule has 1 atom stereocenters. The molecule has 0 aliphatic carbocycles. The van der Waals surface area contributed by atoms with Crippen molar-refractivity contribution >= 4 is 27.5 Å². The van der Waals surface area contributed by atoms with Crippen molar-refractivity contribution in [2.24, 2.45) is 0 Å². The van der Waals surface area contributed by atoms with Gasteiger partial charge in [-0.1, -0.05) is 11.6 Å². The molecule has 72 valence electrons. The Balaban J connectivity index is 3.44. The number of aliphatic hydroxyl groups is 1. The highest BCUT2D eigenvalue weighted by molar-refractivity contribution is 9.10. The fourth-order valence-corrected chi connectivity index (χ4v) is 2.10. The minimum atomic E-state index is -0.868. The van der Waals surface area contributed by atoms with Gasteiger partial charge in [0.2, 0.25) is 0 Å². The van der Waals surface area contributed by atoms with Gasteiger partial charge in [0.05, 0.1) is 11.1 Å². The lowest BCUT2D eigenvalue weighted by atomic mass is 10.1. The van der Waals surface area contributed by atoms with Crippen LogP contribution in [-0.4, -0.2) is 5.11 Å². The molecule has 0 aliphatic rings. The van der Waals surface area contributed by atoms with Gasteiger partial charge >= 0.3 is 0 Å². The van der Waals surface area contributed by atoms with Gasteiger partial charge in [-0.15, -0.1) is 0 Å². The molecule has 0 spiro atoms. The first kappa shape index (κ1) is 11.0. The number of aliphatic hydroxyl groups excluding tert-OH is 1. The van der Waals surface area contributed by atoms with Gasteiger partial charge in [0.1, 0.15) is 5.82 Å². The summed E-state index contributed by atoms with van der Waals surface area (Å²) < 4.78 is 13.7. The van der Waals surface area contributed by atoms with E-state index in [-0.39, 0.29) is 5.56 Å². The number of hydrogen-bond donors (Lipinski definition) is 1. The lowest BCUT2D eigenvalue weighted by Gasteiger charge is -2.11. The summed E-state index contributed by atoms with van der Waals surface area (Å²) in [7, 11) is 0. The summed E-state index contributed by atoms with van der Waals surface area (Å²) in [6.07, 6.45) is -0.868. The van der Waals surface area contributed by atoms with Crippen LogP contribution in [0.3, 0.4) is 0 Å². The Labute approximate surface area is 89.7 Å². The molecule has 0 fully saturated rings. The number of benzene rings is 1. The predicted molar refractivity (Wildman–Crippen MR) is 54.5 cm³/mol. The Morgan fingerprint density at radius 3 is 2.62 bits per heavy atom. The van der Waals surface area contributed by atoms with Gasteiger partial charge in [-0.05, 0) is 41.4 Å². The molecule has 4 heteroatoms. The van der Waals surface area contributed by atoms with E-state index in [0.717, 1.165) is 0 Å². The van der Waals surface area contributed by atoms with Crippen LogP contribution in [0.15, 0.2) is 10.5 Å². The van der Waals surface area contributed by atoms with Crippen LogP contribution in [0.2, 0.25) is 5.02 Å². The Bertz CT molecular complexity index is 339. The molecule has 13 heavy (non-hydrogen) atoms. The van der Waals surface area contributed by atoms with E-state index in [1.807, 2.05) is 0 Å². The van der Waals surface area contributed by atoms with Crippen LogP contribution >= 0.6 is 27.5 Å². The second kappa shape index (κ2) is 3.95. The van der Waals surface area contributed by atoms with Gasteiger partial charge < -0.3 is 5.11 Å². The van der Waals surface area contributed by atoms with Crippen LogP contribution < -0.4 is 0 Å². The van der Waals surface area contributed by atoms with Crippen molar-refractivity contribution in [3.63, 3.8) is 0 Å². The molecule has 0 bridgehead atoms. The molecule has 1 nitrogen and oxygen atoms in total. The highest BCUT2D eigenvalue weighted by atomic mass is 79.9. The van der Waals surface area contributed by atoms with Crippen LogP contribution in [0.5, 0.6) is 0 Å². The molecular formula is C9H9BrClFO. The maximum atomic E-state index is 13.3. The summed E-state index contributed by atoms with van der Waals surface area (Å²) in [6.45, 7) is 3.21. The Morgan fingerprint density at radius 2 is 2.15 bits per heavy atom. The Kier molecular flexibility index (Phi) is 3.33. The third-order valence-corrected chi connectivity index (χ3v) is 3.33. The predicted octanol–water partition coefficient (Wildman–Crippen LogP) is 3.60. The Hall–Kier alpha value is -0.120. The van der Waals surface area contributed by atoms with E-state index in [9.17, 15) is 9.50 Å². The van der Waals surface area contributed by atoms with E-state index in [4.69, 9.17) is 11.6 Å². The number of halogens is 3. The van der Waals surface area contributed by atoms with Crippen molar-refractivity contribution < 1.29 is 9.50 Å². The smallest absolute Gasteiger partial charge is 0.130 e. The first-order valence-corrected chi connectivity index (χ1v) is 4.94. The molecule has 1 N–H and O–H groups in total. The molecule has 1 aromatic carbocycles. The van der Waals surface area contributed by atoms with Gasteiger partial charge in [0.25, 0.3) is 0 Å². The maximum Gasteiger partial charge on any atom is 0.130 e. The third-order valence-electron chi connectivity index (χ3n) is 1.79. The van der Waals surface area contributed by atoms with Gasteiger partial charge in [0, 0.05) is 10.0 Å². The van der Waals surface area contributed by atoms with Crippen LogP contribution in [-0.2, 0) is 0 Å². The van der Waals surface area contributed by atoms with E-state index in [1.165, 1.54) is 13.0 Å². The van der Waals surface area contributed by atoms with Crippen molar-refractivity contribution in [2.45, 2.75) is 20.0 Å². The molecular weight excluding hydrogens is 258 g/mol. The summed E-state index contributed by atoms with van der Waals surface area (Å²) in [5.74, 6) is -0.441. The Morgan fingerprint density at radius 1 is 1.62 bits per heavy atom. The summed E-state index contributed by atoms with van der Waals surface area (Å²) >= 11 is 9.02. The van der Waals surface area contributed by atoms with Crippen molar-refractivity contribution in [1.29, 1.82) is 0 Å². The lowest BCUT2D eigenvalue weighted by Crippen LogP contribution is -1.99. The minimum Gasteiger partial charge on any atom is -0.389 e. The van der Waals surface area contributed by atoms with Crippen LogP contribution in [0, 0.1) is 12.7 Å². The van der Waals surface area contributed by atoms with Crippen molar-refractivity contribution in [3.8, 4) is 0 Å². The van der Waals surface area contributed by atoms with Gasteiger partial charge in [0.15, 0.2) is 0 Å². The fraction of sp³-hybridized carbons (Fsp3) is 0.333. The molecule has 1 unspecified atom stereocenters. The first-order valence-electron chi connectivity index (χ1n) is 3.77. The highest BCUT2D eigenvalue weighted by Gasteiger charge is 2.16.